The number of allylic oxidation sites excluding steroid dienone is 1. The third kappa shape index (κ3) is 2.76. The number of nitrogens with one attached hydrogen (secondary N) is 1. The van der Waals surface area contributed by atoms with E-state index in [1.807, 2.05) is 0 Å². The Morgan fingerprint density at radius 3 is 2.83 bits per heavy atom. The minimum absolute atomic E-state index is 0.0322. The monoisotopic (exact) mass is 367 g/mol. The molecule has 2 aliphatic heterocycles. The maximum atomic E-state index is 12.3. The van der Waals surface area contributed by atoms with Gasteiger partial charge in [-0.05, 0) is 5.57 Å². The van der Waals surface area contributed by atoms with Gasteiger partial charge < -0.3 is 16.2 Å². The molecule has 1 aromatic rings. The zero-order chi connectivity index (χ0) is 17.4. The van der Waals surface area contributed by atoms with Gasteiger partial charge in [0.1, 0.15) is 22.1 Å². The first-order valence-electron chi connectivity index (χ1n) is 6.83. The summed E-state index contributed by atoms with van der Waals surface area (Å²) in [6.07, 6.45) is 1.40. The average Bonchev–Trinajstić information content (AvgIpc) is 2.95. The predicted octanol–water partition coefficient (Wildman–Crippen LogP) is -0.413. The molecule has 9 nitrogen and oxygen atoms in total. The lowest BCUT2D eigenvalue weighted by Crippen LogP contribution is -2.70. The zero-order valence-corrected chi connectivity index (χ0v) is 13.9. The first-order valence-corrected chi connectivity index (χ1v) is 8.69. The highest BCUT2D eigenvalue weighted by Gasteiger charge is 2.53. The molecule has 1 saturated heterocycles. The van der Waals surface area contributed by atoms with Crippen LogP contribution in [0.2, 0.25) is 0 Å². The second-order valence-corrected chi connectivity index (χ2v) is 7.25. The van der Waals surface area contributed by atoms with Crippen LogP contribution in [0.25, 0.3) is 0 Å². The van der Waals surface area contributed by atoms with Gasteiger partial charge in [-0.15, -0.1) is 22.0 Å². The number of aliphatic carboxylic acids is 1. The topological polar surface area (TPSA) is 139 Å². The van der Waals surface area contributed by atoms with Crippen LogP contribution in [0.4, 0.5) is 5.13 Å². The number of aromatic nitrogens is 2. The molecule has 126 valence electrons. The highest BCUT2D eigenvalue weighted by molar-refractivity contribution is 8.00. The van der Waals surface area contributed by atoms with E-state index < -0.39 is 23.3 Å². The number of thioether (sulfide) groups is 1. The Morgan fingerprint density at radius 1 is 1.50 bits per heavy atom. The highest BCUT2D eigenvalue weighted by Crippen LogP contribution is 2.40. The summed E-state index contributed by atoms with van der Waals surface area (Å²) in [6, 6.07) is -0.756. The Balaban J connectivity index is 1.69. The molecule has 3 rings (SSSR count). The molecule has 1 aromatic heterocycles. The maximum Gasteiger partial charge on any atom is 0.352 e. The molecular formula is C13H13N5O4S2. The van der Waals surface area contributed by atoms with Crippen LogP contribution in [-0.2, 0) is 20.8 Å². The molecule has 0 aliphatic carbocycles. The van der Waals surface area contributed by atoms with E-state index in [9.17, 15) is 19.5 Å². The molecule has 1 fully saturated rings. The number of β-lactam (4-membered cyclic amide) rings is 1. The van der Waals surface area contributed by atoms with Gasteiger partial charge in [-0.3, -0.25) is 14.5 Å². The number of nitrogens with two attached hydrogens (primary N) is 1. The Bertz CT molecular complexity index is 774. The van der Waals surface area contributed by atoms with Gasteiger partial charge in [0.25, 0.3) is 5.91 Å². The van der Waals surface area contributed by atoms with E-state index in [0.29, 0.717) is 16.3 Å². The molecular weight excluding hydrogens is 354 g/mol. The maximum absolute atomic E-state index is 12.3. The number of rotatable bonds is 5. The molecule has 2 aliphatic rings. The Kier molecular flexibility index (Phi) is 4.28. The van der Waals surface area contributed by atoms with E-state index >= 15 is 0 Å². The summed E-state index contributed by atoms with van der Waals surface area (Å²) in [5, 5.41) is 19.6. The molecule has 0 spiro atoms. The van der Waals surface area contributed by atoms with Crippen LogP contribution in [-0.4, -0.2) is 55.2 Å². The van der Waals surface area contributed by atoms with E-state index in [0.717, 1.165) is 11.3 Å². The van der Waals surface area contributed by atoms with E-state index in [4.69, 9.17) is 5.73 Å². The fourth-order valence-electron chi connectivity index (χ4n) is 2.50. The Labute approximate surface area is 144 Å². The van der Waals surface area contributed by atoms with Gasteiger partial charge in [0.15, 0.2) is 0 Å². The third-order valence-corrected chi connectivity index (χ3v) is 5.61. The van der Waals surface area contributed by atoms with Crippen LogP contribution in [0.1, 0.15) is 5.01 Å². The largest absolute Gasteiger partial charge is 0.477 e. The van der Waals surface area contributed by atoms with Crippen molar-refractivity contribution in [3.63, 3.8) is 0 Å². The summed E-state index contributed by atoms with van der Waals surface area (Å²) in [5.74, 6) is -1.61. The van der Waals surface area contributed by atoms with Gasteiger partial charge in [0, 0.05) is 5.75 Å². The molecule has 2 atom stereocenters. The second kappa shape index (κ2) is 6.24. The molecule has 1 unspecified atom stereocenters. The van der Waals surface area contributed by atoms with Gasteiger partial charge in [-0.25, -0.2) is 4.79 Å². The highest BCUT2D eigenvalue weighted by atomic mass is 32.2. The fraction of sp³-hybridized carbons (Fsp3) is 0.308. The predicted molar refractivity (Wildman–Crippen MR) is 87.9 cm³/mol. The number of carboxylic acids is 1. The van der Waals surface area contributed by atoms with Crippen molar-refractivity contribution >= 4 is 46.0 Å². The zero-order valence-electron chi connectivity index (χ0n) is 12.3. The minimum atomic E-state index is -1.18. The number of carbonyl (C=O) groups is 3. The number of fused-ring (bicyclic) bond motifs is 1. The molecule has 0 aromatic carbocycles. The fourth-order valence-corrected chi connectivity index (χ4v) is 4.45. The third-order valence-electron chi connectivity index (χ3n) is 3.56. The molecule has 0 bridgehead atoms. The van der Waals surface area contributed by atoms with Crippen LogP contribution in [0.3, 0.4) is 0 Å². The molecule has 2 amide bonds. The first-order chi connectivity index (χ1) is 11.4. The number of amides is 2. The number of nitrogens with zero attached hydrogens (tertiary/aromatic N) is 3. The number of hydrogen-bond donors (Lipinski definition) is 3. The quantitative estimate of drug-likeness (QED) is 0.597. The van der Waals surface area contributed by atoms with Crippen molar-refractivity contribution in [1.82, 2.24) is 20.4 Å². The molecule has 0 saturated carbocycles. The number of carbonyl (C=O) groups excluding carboxylic acids is 2. The van der Waals surface area contributed by atoms with E-state index in [1.165, 1.54) is 22.7 Å². The van der Waals surface area contributed by atoms with Gasteiger partial charge >= 0.3 is 5.97 Å². The molecule has 4 N–H and O–H groups in total. The van der Waals surface area contributed by atoms with Crippen molar-refractivity contribution in [3.8, 4) is 0 Å². The first kappa shape index (κ1) is 16.5. The summed E-state index contributed by atoms with van der Waals surface area (Å²) < 4.78 is 0. The molecule has 11 heteroatoms. The van der Waals surface area contributed by atoms with Gasteiger partial charge in [-0.1, -0.05) is 24.0 Å². The number of carboxylic acid groups (broad SMARTS) is 1. The summed E-state index contributed by atoms with van der Waals surface area (Å²) in [5.41, 5.74) is 5.88. The van der Waals surface area contributed by atoms with E-state index in [-0.39, 0.29) is 23.2 Å². The summed E-state index contributed by atoms with van der Waals surface area (Å²) in [6.45, 7) is 3.58. The van der Waals surface area contributed by atoms with Crippen LogP contribution in [0.15, 0.2) is 23.9 Å². The van der Waals surface area contributed by atoms with Crippen molar-refractivity contribution in [2.24, 2.45) is 0 Å². The minimum Gasteiger partial charge on any atom is -0.477 e. The van der Waals surface area contributed by atoms with Crippen molar-refractivity contribution in [2.75, 3.05) is 11.5 Å². The van der Waals surface area contributed by atoms with E-state index in [2.05, 4.69) is 22.1 Å². The summed E-state index contributed by atoms with van der Waals surface area (Å²) in [7, 11) is 0. The van der Waals surface area contributed by atoms with Crippen molar-refractivity contribution < 1.29 is 19.5 Å². The number of anilines is 1. The van der Waals surface area contributed by atoms with Gasteiger partial charge in [0.05, 0.1) is 6.42 Å². The second-order valence-electron chi connectivity index (χ2n) is 5.05. The van der Waals surface area contributed by atoms with E-state index in [1.54, 1.807) is 0 Å². The van der Waals surface area contributed by atoms with Crippen molar-refractivity contribution in [2.45, 2.75) is 17.8 Å². The Hall–Kier alpha value is -2.40. The van der Waals surface area contributed by atoms with Crippen molar-refractivity contribution in [3.05, 3.63) is 28.9 Å². The molecule has 0 radical (unpaired) electrons. The normalized spacial score (nSPS) is 22.7. The number of hydrogen-bond acceptors (Lipinski definition) is 8. The lowest BCUT2D eigenvalue weighted by atomic mass is 10.0. The van der Waals surface area contributed by atoms with Crippen LogP contribution < -0.4 is 11.1 Å². The smallest absolute Gasteiger partial charge is 0.352 e. The van der Waals surface area contributed by atoms with Crippen LogP contribution in [0.5, 0.6) is 0 Å². The van der Waals surface area contributed by atoms with Crippen LogP contribution >= 0.6 is 23.1 Å². The van der Waals surface area contributed by atoms with Gasteiger partial charge in [0.2, 0.25) is 11.0 Å². The summed E-state index contributed by atoms with van der Waals surface area (Å²) >= 11 is 2.48. The SMILES string of the molecule is C=CC1=C(C(=O)O)N2C(=O)C(NC(=O)Cc3nnc(N)s3)[C@@H]2SC1. The molecule has 24 heavy (non-hydrogen) atoms. The lowest BCUT2D eigenvalue weighted by molar-refractivity contribution is -0.150. The van der Waals surface area contributed by atoms with Crippen LogP contribution in [0, 0.1) is 0 Å². The standard InChI is InChI=1S/C13H13N5O4S2/c1-2-5-4-23-11-8(10(20)18(11)9(5)12(21)22)15-6(19)3-7-16-17-13(14)24-7/h2,8,11H,1,3-4H2,(H2,14,17)(H,15,19)(H,21,22)/t8?,11-/m0/s1. The Morgan fingerprint density at radius 2 is 2.25 bits per heavy atom. The van der Waals surface area contributed by atoms with Gasteiger partial charge in [-0.2, -0.15) is 0 Å². The summed E-state index contributed by atoms with van der Waals surface area (Å²) in [4.78, 5) is 36.9. The number of nitrogen functional groups attached to an aromatic ring is 1. The van der Waals surface area contributed by atoms with Crippen molar-refractivity contribution in [1.29, 1.82) is 0 Å². The average molecular weight is 367 g/mol. The lowest BCUT2D eigenvalue weighted by Gasteiger charge is -2.49. The molecule has 3 heterocycles.